The van der Waals surface area contributed by atoms with Crippen LogP contribution in [0.3, 0.4) is 0 Å². The zero-order valence-corrected chi connectivity index (χ0v) is 34.7. The number of ketones is 3. The van der Waals surface area contributed by atoms with E-state index in [1.165, 1.54) is 32.2 Å². The van der Waals surface area contributed by atoms with E-state index in [1.54, 1.807) is 0 Å². The number of carbonyl (C=O) groups excluding carboxylic acids is 5. The van der Waals surface area contributed by atoms with E-state index >= 15 is 0 Å². The van der Waals surface area contributed by atoms with Crippen LogP contribution in [0.5, 0.6) is 17.2 Å². The van der Waals surface area contributed by atoms with E-state index in [0.29, 0.717) is 0 Å². The molecule has 0 bridgehead atoms. The Morgan fingerprint density at radius 1 is 0.844 bits per heavy atom. The molecule has 6 atom stereocenters. The summed E-state index contributed by atoms with van der Waals surface area (Å²) in [5.74, 6) is -6.63. The number of aliphatic hydroxyl groups is 2. The van der Waals surface area contributed by atoms with Crippen molar-refractivity contribution >= 4 is 35.4 Å². The van der Waals surface area contributed by atoms with Crippen LogP contribution in [-0.4, -0.2) is 111 Å². The highest BCUT2D eigenvalue weighted by atomic mass is 16.7. The summed E-state index contributed by atoms with van der Waals surface area (Å²) in [6, 6.07) is 18.8. The summed E-state index contributed by atoms with van der Waals surface area (Å²) in [6.07, 6.45) is -8.37. The Morgan fingerprint density at radius 2 is 1.50 bits per heavy atom. The molecule has 1 amide bonds. The number of rotatable bonds is 13. The molecule has 4 aromatic rings. The molecule has 4 aromatic carbocycles. The predicted molar refractivity (Wildman–Crippen MR) is 221 cm³/mol. The molecule has 0 unspecified atom stereocenters. The second kappa shape index (κ2) is 17.5. The lowest BCUT2D eigenvalue weighted by atomic mass is 9.72. The van der Waals surface area contributed by atoms with Gasteiger partial charge in [-0.15, -0.1) is 0 Å². The normalized spacial score (nSPS) is 23.2. The zero-order valence-electron chi connectivity index (χ0n) is 34.7. The van der Waals surface area contributed by atoms with Crippen molar-refractivity contribution in [2.24, 2.45) is 0 Å². The fourth-order valence-electron chi connectivity index (χ4n) is 9.24. The van der Waals surface area contributed by atoms with E-state index in [0.717, 1.165) is 22.3 Å². The van der Waals surface area contributed by atoms with Crippen molar-refractivity contribution in [3.05, 3.63) is 111 Å². The number of carboxylic acids is 1. The van der Waals surface area contributed by atoms with Crippen molar-refractivity contribution in [2.45, 2.75) is 87.6 Å². The number of amides is 1. The minimum absolute atomic E-state index is 0.0115. The van der Waals surface area contributed by atoms with Crippen molar-refractivity contribution in [1.29, 1.82) is 0 Å². The molecule has 4 aliphatic rings. The third-order valence-corrected chi connectivity index (χ3v) is 12.4. The number of phenols is 2. The zero-order chi connectivity index (χ0) is 45.6. The lowest BCUT2D eigenvalue weighted by molar-refractivity contribution is -0.249. The van der Waals surface area contributed by atoms with E-state index in [4.69, 9.17) is 28.8 Å². The topological polar surface area (TPSA) is 262 Å². The fourth-order valence-corrected chi connectivity index (χ4v) is 9.24. The number of esters is 1. The van der Waals surface area contributed by atoms with Crippen LogP contribution in [0.25, 0.3) is 11.1 Å². The Bertz CT molecular complexity index is 2540. The first-order chi connectivity index (χ1) is 30.6. The molecule has 3 aliphatic carbocycles. The number of phenolic OH excluding ortho intramolecular Hbond substituents is 2. The first-order valence-electron chi connectivity index (χ1n) is 20.7. The van der Waals surface area contributed by atoms with Gasteiger partial charge in [-0.1, -0.05) is 60.7 Å². The van der Waals surface area contributed by atoms with Gasteiger partial charge in [-0.25, -0.2) is 4.79 Å². The molecule has 17 nitrogen and oxygen atoms in total. The van der Waals surface area contributed by atoms with Gasteiger partial charge in [0.05, 0.1) is 42.0 Å². The maximum Gasteiger partial charge on any atom is 0.407 e. The van der Waals surface area contributed by atoms with E-state index in [9.17, 15) is 49.2 Å². The average Bonchev–Trinajstić information content (AvgIpc) is 3.59. The van der Waals surface area contributed by atoms with E-state index in [2.05, 4.69) is 5.32 Å². The molecule has 1 heterocycles. The molecule has 0 aromatic heterocycles. The standard InChI is InChI=1S/C47H45NO16/c1-22-41(53)30(48-46(58)62-20-29-25-11-5-3-9-23(25)24-10-4-6-12-26(24)29)17-36(63-22)64-32-19-47(59,33(49)21-61-35(52)16-8-15-34(50)51)18-28-38(32)45(57)40-39(43(28)55)42(54)27-13-7-14-31(60-2)37(27)44(40)56/h3-7,9-14,22,29-30,32,36,41,53,55,57,59H,8,15-21H2,1-2H3,(H,48,58)(H,50,51)/t22-,30-,32-,36-,41+,47-/m0/s1. The van der Waals surface area contributed by atoms with Crippen molar-refractivity contribution < 1.29 is 78.0 Å². The highest BCUT2D eigenvalue weighted by Gasteiger charge is 2.51. The molecule has 0 saturated carbocycles. The number of carboxylic acid groups (broad SMARTS) is 1. The number of Topliss-reactive ketones (excluding diaryl/α,β-unsaturated/α-hetero) is 1. The van der Waals surface area contributed by atoms with Crippen LogP contribution in [0, 0.1) is 0 Å². The first kappa shape index (κ1) is 44.0. The monoisotopic (exact) mass is 879 g/mol. The van der Waals surface area contributed by atoms with Crippen LogP contribution in [-0.2, 0) is 39.8 Å². The van der Waals surface area contributed by atoms with E-state index < -0.39 is 114 Å². The van der Waals surface area contributed by atoms with Gasteiger partial charge >= 0.3 is 18.0 Å². The minimum Gasteiger partial charge on any atom is -0.507 e. The molecule has 6 N–H and O–H groups in total. The summed E-state index contributed by atoms with van der Waals surface area (Å²) in [5.41, 5.74) is -0.438. The van der Waals surface area contributed by atoms with Gasteiger partial charge in [-0.05, 0) is 41.7 Å². The van der Waals surface area contributed by atoms with Crippen LogP contribution in [0.15, 0.2) is 66.7 Å². The summed E-state index contributed by atoms with van der Waals surface area (Å²) in [5, 5.41) is 58.6. The van der Waals surface area contributed by atoms with Crippen molar-refractivity contribution in [1.82, 2.24) is 5.32 Å². The van der Waals surface area contributed by atoms with Gasteiger partial charge < -0.3 is 54.5 Å². The summed E-state index contributed by atoms with van der Waals surface area (Å²) in [6.45, 7) is 0.533. The quantitative estimate of drug-likeness (QED) is 0.0708. The van der Waals surface area contributed by atoms with E-state index in [-0.39, 0.29) is 66.2 Å². The number of hydrogen-bond donors (Lipinski definition) is 6. The fraction of sp³-hybridized carbons (Fsp3) is 0.362. The molecule has 1 saturated heterocycles. The Balaban J connectivity index is 1.06. The molecule has 0 radical (unpaired) electrons. The maximum absolute atomic E-state index is 14.1. The predicted octanol–water partition coefficient (Wildman–Crippen LogP) is 4.39. The largest absolute Gasteiger partial charge is 0.507 e. The van der Waals surface area contributed by atoms with E-state index in [1.807, 2.05) is 48.5 Å². The Morgan fingerprint density at radius 3 is 2.17 bits per heavy atom. The van der Waals surface area contributed by atoms with Crippen LogP contribution in [0.2, 0.25) is 0 Å². The Hall–Kier alpha value is -6.66. The van der Waals surface area contributed by atoms with Gasteiger partial charge in [0.25, 0.3) is 0 Å². The average molecular weight is 880 g/mol. The summed E-state index contributed by atoms with van der Waals surface area (Å²) < 4.78 is 28.5. The lowest BCUT2D eigenvalue weighted by Crippen LogP contribution is -2.56. The number of hydrogen-bond acceptors (Lipinski definition) is 15. The van der Waals surface area contributed by atoms with Gasteiger partial charge in [0.1, 0.15) is 35.6 Å². The van der Waals surface area contributed by atoms with Gasteiger partial charge in [-0.3, -0.25) is 24.0 Å². The molecule has 1 fully saturated rings. The summed E-state index contributed by atoms with van der Waals surface area (Å²) in [7, 11) is 1.29. The van der Waals surface area contributed by atoms with Gasteiger partial charge in [0, 0.05) is 54.7 Å². The van der Waals surface area contributed by atoms with Gasteiger partial charge in [0.15, 0.2) is 18.7 Å². The molecule has 1 aliphatic heterocycles. The highest BCUT2D eigenvalue weighted by Crippen LogP contribution is 2.53. The number of benzene rings is 4. The van der Waals surface area contributed by atoms with Gasteiger partial charge in [-0.2, -0.15) is 0 Å². The second-order valence-electron chi connectivity index (χ2n) is 16.3. The van der Waals surface area contributed by atoms with Crippen LogP contribution in [0.1, 0.15) is 105 Å². The van der Waals surface area contributed by atoms with Crippen LogP contribution < -0.4 is 10.1 Å². The lowest BCUT2D eigenvalue weighted by Gasteiger charge is -2.42. The highest BCUT2D eigenvalue weighted by molar-refractivity contribution is 6.31. The van der Waals surface area contributed by atoms with Crippen LogP contribution >= 0.6 is 0 Å². The molecular weight excluding hydrogens is 835 g/mol. The number of aromatic hydroxyl groups is 2. The smallest absolute Gasteiger partial charge is 0.407 e. The third kappa shape index (κ3) is 7.95. The Labute approximate surface area is 365 Å². The second-order valence-corrected chi connectivity index (χ2v) is 16.3. The summed E-state index contributed by atoms with van der Waals surface area (Å²) >= 11 is 0. The molecule has 8 rings (SSSR count). The number of ether oxygens (including phenoxy) is 5. The van der Waals surface area contributed by atoms with Crippen molar-refractivity contribution in [3.63, 3.8) is 0 Å². The van der Waals surface area contributed by atoms with Crippen molar-refractivity contribution in [3.8, 4) is 28.4 Å². The number of methoxy groups -OCH3 is 1. The molecule has 0 spiro atoms. The summed E-state index contributed by atoms with van der Waals surface area (Å²) in [4.78, 5) is 78.5. The maximum atomic E-state index is 14.1. The first-order valence-corrected chi connectivity index (χ1v) is 20.7. The number of aliphatic hydroxyl groups excluding tert-OH is 1. The SMILES string of the molecule is COc1cccc2c1C(=O)c1c(O)c3c(c(O)c1C2=O)C[C@@](O)(C(=O)COC(=O)CCCC(=O)O)C[C@@H]3O[C@H]1C[C@H](NC(=O)OCC2c3ccccc3-c3ccccc32)[C@H](O)[C@H](C)O1. The molecular formula is C47H45NO16. The number of alkyl carbamates (subject to hydrolysis) is 1. The number of nitrogens with one attached hydrogen (secondary N) is 1. The molecule has 17 heteroatoms. The minimum atomic E-state index is -2.49. The number of carbonyl (C=O) groups is 6. The molecule has 64 heavy (non-hydrogen) atoms. The van der Waals surface area contributed by atoms with Crippen LogP contribution in [0.4, 0.5) is 4.79 Å². The Kier molecular flexibility index (Phi) is 12.0. The number of aliphatic carboxylic acids is 1. The number of fused-ring (bicyclic) bond motifs is 6. The molecule has 334 valence electrons. The van der Waals surface area contributed by atoms with Crippen molar-refractivity contribution in [2.75, 3.05) is 20.3 Å². The van der Waals surface area contributed by atoms with Gasteiger partial charge in [0.2, 0.25) is 11.6 Å². The third-order valence-electron chi connectivity index (χ3n) is 12.4.